The van der Waals surface area contributed by atoms with Gasteiger partial charge in [-0.05, 0) is 6.42 Å². The SMILES string of the molecule is C[Si](C)(C)C(Cl)COCn1ccc(=O)n(C2CCOC2)c1=O. The van der Waals surface area contributed by atoms with Crippen molar-refractivity contribution in [2.45, 2.75) is 43.8 Å². The first kappa shape index (κ1) is 17.5. The fourth-order valence-electron chi connectivity index (χ4n) is 2.20. The van der Waals surface area contributed by atoms with Crippen LogP contribution in [0.2, 0.25) is 19.6 Å². The van der Waals surface area contributed by atoms with Crippen LogP contribution in [0.5, 0.6) is 0 Å². The second kappa shape index (κ2) is 7.12. The lowest BCUT2D eigenvalue weighted by molar-refractivity contribution is 0.0788. The molecule has 2 rings (SSSR count). The van der Waals surface area contributed by atoms with E-state index in [1.54, 1.807) is 0 Å². The van der Waals surface area contributed by atoms with Gasteiger partial charge in [0.05, 0.1) is 27.3 Å². The molecule has 0 radical (unpaired) electrons. The molecule has 0 amide bonds. The number of alkyl halides is 1. The molecule has 2 unspecified atom stereocenters. The van der Waals surface area contributed by atoms with Gasteiger partial charge in [0.2, 0.25) is 0 Å². The lowest BCUT2D eigenvalue weighted by atomic mass is 10.2. The van der Waals surface area contributed by atoms with Gasteiger partial charge >= 0.3 is 5.69 Å². The summed E-state index contributed by atoms with van der Waals surface area (Å²) >= 11 is 6.30. The van der Waals surface area contributed by atoms with E-state index in [1.807, 2.05) is 0 Å². The quantitative estimate of drug-likeness (QED) is 0.577. The third-order valence-electron chi connectivity index (χ3n) is 3.79. The van der Waals surface area contributed by atoms with Crippen molar-refractivity contribution < 1.29 is 9.47 Å². The van der Waals surface area contributed by atoms with Crippen molar-refractivity contribution in [1.29, 1.82) is 0 Å². The van der Waals surface area contributed by atoms with Crippen LogP contribution in [0.15, 0.2) is 21.9 Å². The average Bonchev–Trinajstić information content (AvgIpc) is 2.94. The summed E-state index contributed by atoms with van der Waals surface area (Å²) in [5, 5.41) is -0.0164. The molecule has 2 heterocycles. The van der Waals surface area contributed by atoms with Gasteiger partial charge in [-0.15, -0.1) is 11.6 Å². The molecule has 0 N–H and O–H groups in total. The Hall–Kier alpha value is -0.893. The van der Waals surface area contributed by atoms with Gasteiger partial charge in [0.1, 0.15) is 6.73 Å². The van der Waals surface area contributed by atoms with Crippen LogP contribution in [-0.4, -0.2) is 42.0 Å². The summed E-state index contributed by atoms with van der Waals surface area (Å²) < 4.78 is 13.5. The third kappa shape index (κ3) is 4.10. The Kier molecular flexibility index (Phi) is 5.65. The fraction of sp³-hybridized carbons (Fsp3) is 0.714. The first-order valence-corrected chi connectivity index (χ1v) is 11.4. The number of hydrogen-bond donors (Lipinski definition) is 0. The van der Waals surface area contributed by atoms with E-state index in [4.69, 9.17) is 21.1 Å². The summed E-state index contributed by atoms with van der Waals surface area (Å²) in [6.45, 7) is 7.97. The molecule has 0 aromatic carbocycles. The largest absolute Gasteiger partial charge is 0.379 e. The average molecular weight is 347 g/mol. The Morgan fingerprint density at radius 3 is 2.77 bits per heavy atom. The monoisotopic (exact) mass is 346 g/mol. The Labute approximate surface area is 135 Å². The maximum Gasteiger partial charge on any atom is 0.333 e. The Morgan fingerprint density at radius 2 is 2.18 bits per heavy atom. The van der Waals surface area contributed by atoms with Crippen LogP contribution in [0.3, 0.4) is 0 Å². The molecule has 0 spiro atoms. The van der Waals surface area contributed by atoms with Crippen molar-refractivity contribution in [2.24, 2.45) is 0 Å². The molecule has 1 aromatic rings. The summed E-state index contributed by atoms with van der Waals surface area (Å²) in [6, 6.07) is 1.20. The molecule has 1 aromatic heterocycles. The predicted molar refractivity (Wildman–Crippen MR) is 88.4 cm³/mol. The van der Waals surface area contributed by atoms with Gasteiger partial charge in [-0.25, -0.2) is 4.79 Å². The molecule has 1 aliphatic rings. The molecule has 124 valence electrons. The summed E-state index contributed by atoms with van der Waals surface area (Å²) in [5.41, 5.74) is -0.656. The minimum atomic E-state index is -1.47. The van der Waals surface area contributed by atoms with Crippen LogP contribution in [0.25, 0.3) is 0 Å². The lowest BCUT2D eigenvalue weighted by Gasteiger charge is -2.23. The predicted octanol–water partition coefficient (Wildman–Crippen LogP) is 1.43. The van der Waals surface area contributed by atoms with E-state index in [1.165, 1.54) is 21.4 Å². The minimum Gasteiger partial charge on any atom is -0.379 e. The van der Waals surface area contributed by atoms with Crippen LogP contribution in [0.1, 0.15) is 12.5 Å². The number of aromatic nitrogens is 2. The molecule has 8 heteroatoms. The van der Waals surface area contributed by atoms with Crippen molar-refractivity contribution in [3.63, 3.8) is 0 Å². The first-order chi connectivity index (χ1) is 10.3. The van der Waals surface area contributed by atoms with E-state index >= 15 is 0 Å². The van der Waals surface area contributed by atoms with E-state index in [0.29, 0.717) is 26.2 Å². The molecule has 1 aliphatic heterocycles. The van der Waals surface area contributed by atoms with Gasteiger partial charge in [0.15, 0.2) is 0 Å². The van der Waals surface area contributed by atoms with Gasteiger partial charge in [-0.1, -0.05) is 19.6 Å². The lowest BCUT2D eigenvalue weighted by Crippen LogP contribution is -2.42. The zero-order chi connectivity index (χ0) is 16.3. The van der Waals surface area contributed by atoms with Crippen LogP contribution >= 0.6 is 11.6 Å². The number of rotatable bonds is 6. The van der Waals surface area contributed by atoms with Gasteiger partial charge in [0.25, 0.3) is 5.56 Å². The van der Waals surface area contributed by atoms with Crippen LogP contribution in [0, 0.1) is 0 Å². The molecule has 1 saturated heterocycles. The van der Waals surface area contributed by atoms with E-state index in [0.717, 1.165) is 0 Å². The Morgan fingerprint density at radius 1 is 1.45 bits per heavy atom. The standard InChI is InChI=1S/C14H23ClN2O4Si/c1-22(2,3)12(15)9-21-10-16-6-4-13(18)17(14(16)19)11-5-7-20-8-11/h4,6,11-12H,5,7-10H2,1-3H3. The van der Waals surface area contributed by atoms with Crippen LogP contribution < -0.4 is 11.2 Å². The smallest absolute Gasteiger partial charge is 0.333 e. The Bertz CT molecular complexity index is 616. The molecular weight excluding hydrogens is 324 g/mol. The van der Waals surface area contributed by atoms with Crippen molar-refractivity contribution in [3.8, 4) is 0 Å². The molecule has 2 atom stereocenters. The second-order valence-corrected chi connectivity index (χ2v) is 12.9. The summed E-state index contributed by atoms with van der Waals surface area (Å²) in [7, 11) is -1.47. The highest BCUT2D eigenvalue weighted by Crippen LogP contribution is 2.15. The maximum absolute atomic E-state index is 12.4. The second-order valence-electron chi connectivity index (χ2n) is 6.63. The highest BCUT2D eigenvalue weighted by atomic mass is 35.5. The first-order valence-electron chi connectivity index (χ1n) is 7.42. The zero-order valence-corrected chi connectivity index (χ0v) is 15.0. The number of ether oxygens (including phenoxy) is 2. The van der Waals surface area contributed by atoms with Crippen molar-refractivity contribution >= 4 is 19.7 Å². The normalized spacial score (nSPS) is 20.3. The Balaban J connectivity index is 2.08. The van der Waals surface area contributed by atoms with Crippen molar-refractivity contribution in [2.75, 3.05) is 19.8 Å². The van der Waals surface area contributed by atoms with Gasteiger partial charge in [-0.2, -0.15) is 0 Å². The van der Waals surface area contributed by atoms with Crippen LogP contribution in [0.4, 0.5) is 0 Å². The highest BCUT2D eigenvalue weighted by Gasteiger charge is 2.25. The van der Waals surface area contributed by atoms with Gasteiger partial charge in [-0.3, -0.25) is 13.9 Å². The topological polar surface area (TPSA) is 62.5 Å². The molecule has 1 fully saturated rings. The van der Waals surface area contributed by atoms with Gasteiger partial charge in [0, 0.05) is 23.9 Å². The van der Waals surface area contributed by atoms with E-state index in [2.05, 4.69) is 19.6 Å². The molecule has 6 nitrogen and oxygen atoms in total. The van der Waals surface area contributed by atoms with E-state index in [9.17, 15) is 9.59 Å². The van der Waals surface area contributed by atoms with E-state index < -0.39 is 8.07 Å². The van der Waals surface area contributed by atoms with E-state index in [-0.39, 0.29) is 29.0 Å². The highest BCUT2D eigenvalue weighted by molar-refractivity contribution is 6.83. The molecule has 0 bridgehead atoms. The van der Waals surface area contributed by atoms with Crippen molar-refractivity contribution in [3.05, 3.63) is 33.1 Å². The summed E-state index contributed by atoms with van der Waals surface area (Å²) in [4.78, 5) is 24.3. The maximum atomic E-state index is 12.4. The fourth-order valence-corrected chi connectivity index (χ4v) is 2.90. The van der Waals surface area contributed by atoms with Crippen LogP contribution in [-0.2, 0) is 16.2 Å². The molecular formula is C14H23ClN2O4Si. The summed E-state index contributed by atoms with van der Waals surface area (Å²) in [5.74, 6) is 0. The zero-order valence-electron chi connectivity index (χ0n) is 13.3. The summed E-state index contributed by atoms with van der Waals surface area (Å²) in [6.07, 6.45) is 2.15. The minimum absolute atomic E-state index is 0.0164. The number of halogens is 1. The number of hydrogen-bond acceptors (Lipinski definition) is 4. The number of nitrogens with zero attached hydrogens (tertiary/aromatic N) is 2. The van der Waals surface area contributed by atoms with Crippen molar-refractivity contribution in [1.82, 2.24) is 9.13 Å². The van der Waals surface area contributed by atoms with Gasteiger partial charge < -0.3 is 9.47 Å². The molecule has 22 heavy (non-hydrogen) atoms. The molecule has 0 saturated carbocycles. The molecule has 0 aliphatic carbocycles. The third-order valence-corrected chi connectivity index (χ3v) is 7.93.